The van der Waals surface area contributed by atoms with Crippen molar-refractivity contribution in [2.45, 2.75) is 20.8 Å². The van der Waals surface area contributed by atoms with E-state index in [4.69, 9.17) is 21.7 Å². The minimum atomic E-state index is -0.713. The molecule has 0 rings (SSSR count). The number of amides is 2. The van der Waals surface area contributed by atoms with Gasteiger partial charge in [-0.1, -0.05) is 19.1 Å². The summed E-state index contributed by atoms with van der Waals surface area (Å²) in [6.07, 6.45) is -1.38. The molecule has 0 aromatic rings. The lowest BCUT2D eigenvalue weighted by atomic mass is 10.7. The number of hydrogen-bond donors (Lipinski definition) is 1. The molecule has 0 saturated heterocycles. The van der Waals surface area contributed by atoms with Crippen LogP contribution in [0.2, 0.25) is 0 Å². The molecule has 0 aromatic heterocycles. The average molecular weight is 294 g/mol. The van der Waals surface area contributed by atoms with Gasteiger partial charge in [0.05, 0.1) is 24.0 Å². The van der Waals surface area contributed by atoms with Crippen molar-refractivity contribution in [1.29, 1.82) is 0 Å². The fourth-order valence-corrected chi connectivity index (χ4v) is 1.99. The number of nitrogens with zero attached hydrogens (tertiary/aromatic N) is 1. The fraction of sp³-hybridized carbons (Fsp3) is 0.700. The molecule has 6 nitrogen and oxygen atoms in total. The van der Waals surface area contributed by atoms with Gasteiger partial charge in [0.15, 0.2) is 0 Å². The summed E-state index contributed by atoms with van der Waals surface area (Å²) in [6.45, 7) is 5.84. The lowest BCUT2D eigenvalue weighted by Gasteiger charge is -2.21. The van der Waals surface area contributed by atoms with Crippen molar-refractivity contribution in [2.24, 2.45) is 0 Å². The second-order valence-corrected chi connectivity index (χ2v) is 5.03. The number of ether oxygens (including phenoxy) is 2. The summed E-state index contributed by atoms with van der Waals surface area (Å²) in [7, 11) is 0. The Hall–Kier alpha value is -1.02. The van der Waals surface area contributed by atoms with Crippen molar-refractivity contribution >= 4 is 40.4 Å². The quantitative estimate of drug-likeness (QED) is 0.619. The van der Waals surface area contributed by atoms with Crippen molar-refractivity contribution < 1.29 is 19.1 Å². The van der Waals surface area contributed by atoms with E-state index in [1.165, 1.54) is 11.8 Å². The van der Waals surface area contributed by atoms with E-state index in [0.29, 0.717) is 4.20 Å². The van der Waals surface area contributed by atoms with Crippen LogP contribution >= 0.6 is 24.0 Å². The average Bonchev–Trinajstić information content (AvgIpc) is 2.29. The molecular weight excluding hydrogens is 276 g/mol. The van der Waals surface area contributed by atoms with Crippen LogP contribution < -0.4 is 5.43 Å². The molecule has 1 N–H and O–H groups in total. The first kappa shape index (κ1) is 17.0. The Bertz CT molecular complexity index is 280. The Balaban J connectivity index is 4.46. The molecule has 104 valence electrons. The van der Waals surface area contributed by atoms with Crippen LogP contribution in [0.1, 0.15) is 20.8 Å². The highest BCUT2D eigenvalue weighted by Crippen LogP contribution is 2.05. The molecule has 0 unspecified atom stereocenters. The fourth-order valence-electron chi connectivity index (χ4n) is 0.960. The minimum Gasteiger partial charge on any atom is -0.449 e. The van der Waals surface area contributed by atoms with Gasteiger partial charge in [-0.15, -0.1) is 11.8 Å². The van der Waals surface area contributed by atoms with Crippen LogP contribution in [0, 0.1) is 0 Å². The Morgan fingerprint density at radius 3 is 2.33 bits per heavy atom. The van der Waals surface area contributed by atoms with Gasteiger partial charge in [-0.05, 0) is 19.6 Å². The number of hydrogen-bond acceptors (Lipinski definition) is 6. The maximum Gasteiger partial charge on any atom is 0.429 e. The van der Waals surface area contributed by atoms with Crippen molar-refractivity contribution in [3.63, 3.8) is 0 Å². The number of nitrogens with one attached hydrogen (secondary N) is 1. The van der Waals surface area contributed by atoms with Crippen LogP contribution in [0.15, 0.2) is 0 Å². The van der Waals surface area contributed by atoms with E-state index in [9.17, 15) is 9.59 Å². The highest BCUT2D eigenvalue weighted by Gasteiger charge is 2.19. The maximum atomic E-state index is 11.6. The van der Waals surface area contributed by atoms with E-state index in [1.807, 2.05) is 6.92 Å². The van der Waals surface area contributed by atoms with Gasteiger partial charge in [0, 0.05) is 0 Å². The Labute approximate surface area is 116 Å². The van der Waals surface area contributed by atoms with Crippen LogP contribution in [0.5, 0.6) is 0 Å². The van der Waals surface area contributed by atoms with Gasteiger partial charge >= 0.3 is 12.2 Å². The summed E-state index contributed by atoms with van der Waals surface area (Å²) in [5.74, 6) is 0.801. The Morgan fingerprint density at radius 1 is 1.22 bits per heavy atom. The predicted octanol–water partition coefficient (Wildman–Crippen LogP) is 2.19. The SMILES string of the molecule is CCOC(=O)NN(CC(=S)SCC)C(=O)OCC. The molecule has 0 heterocycles. The first-order valence-corrected chi connectivity index (χ1v) is 6.97. The zero-order valence-corrected chi connectivity index (χ0v) is 12.4. The summed E-state index contributed by atoms with van der Waals surface area (Å²) in [5, 5.41) is 1.01. The van der Waals surface area contributed by atoms with Gasteiger partial charge in [-0.2, -0.15) is 0 Å². The third-order valence-corrected chi connectivity index (χ3v) is 2.80. The second kappa shape index (κ2) is 9.95. The normalized spacial score (nSPS) is 9.50. The third kappa shape index (κ3) is 7.33. The summed E-state index contributed by atoms with van der Waals surface area (Å²) in [5.41, 5.74) is 2.29. The molecule has 0 saturated carbocycles. The van der Waals surface area contributed by atoms with E-state index >= 15 is 0 Å². The van der Waals surface area contributed by atoms with Crippen LogP contribution in [-0.4, -0.2) is 46.9 Å². The van der Waals surface area contributed by atoms with Crippen LogP contribution in [0.3, 0.4) is 0 Å². The predicted molar refractivity (Wildman–Crippen MR) is 74.6 cm³/mol. The van der Waals surface area contributed by atoms with E-state index in [2.05, 4.69) is 5.43 Å². The van der Waals surface area contributed by atoms with Gasteiger partial charge in [0.1, 0.15) is 0 Å². The van der Waals surface area contributed by atoms with E-state index in [-0.39, 0.29) is 19.8 Å². The molecular formula is C10H18N2O4S2. The molecule has 0 atom stereocenters. The van der Waals surface area contributed by atoms with Crippen LogP contribution in [-0.2, 0) is 9.47 Å². The number of rotatable bonds is 5. The highest BCUT2D eigenvalue weighted by atomic mass is 32.2. The first-order chi connectivity index (χ1) is 8.54. The molecule has 0 aromatic carbocycles. The summed E-state index contributed by atoms with van der Waals surface area (Å²) in [4.78, 5) is 22.9. The molecule has 0 aliphatic rings. The highest BCUT2D eigenvalue weighted by molar-refractivity contribution is 8.23. The number of hydrazine groups is 1. The van der Waals surface area contributed by atoms with Crippen molar-refractivity contribution in [1.82, 2.24) is 10.4 Å². The number of carbonyl (C=O) groups excluding carboxylic acids is 2. The molecule has 0 spiro atoms. The molecule has 2 amide bonds. The maximum absolute atomic E-state index is 11.6. The first-order valence-electron chi connectivity index (χ1n) is 5.58. The van der Waals surface area contributed by atoms with Gasteiger partial charge in [-0.25, -0.2) is 20.0 Å². The van der Waals surface area contributed by atoms with Crippen molar-refractivity contribution in [3.05, 3.63) is 0 Å². The molecule has 0 fully saturated rings. The molecule has 0 aliphatic heterocycles. The molecule has 0 bridgehead atoms. The van der Waals surface area contributed by atoms with E-state index in [0.717, 1.165) is 10.8 Å². The van der Waals surface area contributed by atoms with Gasteiger partial charge in [0.2, 0.25) is 0 Å². The van der Waals surface area contributed by atoms with Crippen LogP contribution in [0.25, 0.3) is 0 Å². The molecule has 0 aliphatic carbocycles. The standard InChI is InChI=1S/C10H18N2O4S2/c1-4-15-9(13)11-12(10(14)16-5-2)7-8(17)18-6-3/h4-7H2,1-3H3,(H,11,13). The summed E-state index contributed by atoms with van der Waals surface area (Å²) >= 11 is 6.50. The largest absolute Gasteiger partial charge is 0.449 e. The molecule has 18 heavy (non-hydrogen) atoms. The number of carbonyl (C=O) groups is 2. The van der Waals surface area contributed by atoms with Gasteiger partial charge < -0.3 is 9.47 Å². The second-order valence-electron chi connectivity index (χ2n) is 2.92. The monoisotopic (exact) mass is 294 g/mol. The Morgan fingerprint density at radius 2 is 1.83 bits per heavy atom. The Kier molecular flexibility index (Phi) is 9.39. The van der Waals surface area contributed by atoms with E-state index in [1.54, 1.807) is 13.8 Å². The lowest BCUT2D eigenvalue weighted by molar-refractivity contribution is 0.0811. The number of thiocarbonyl (C=S) groups is 1. The lowest BCUT2D eigenvalue weighted by Crippen LogP contribution is -2.48. The molecule has 8 heteroatoms. The van der Waals surface area contributed by atoms with Gasteiger partial charge in [-0.3, -0.25) is 0 Å². The summed E-state index contributed by atoms with van der Waals surface area (Å²) < 4.78 is 10.1. The zero-order chi connectivity index (χ0) is 14.0. The van der Waals surface area contributed by atoms with Crippen molar-refractivity contribution in [3.8, 4) is 0 Å². The number of thioether (sulfide) groups is 1. The zero-order valence-electron chi connectivity index (χ0n) is 10.7. The molecule has 0 radical (unpaired) electrons. The smallest absolute Gasteiger partial charge is 0.429 e. The van der Waals surface area contributed by atoms with Crippen LogP contribution in [0.4, 0.5) is 9.59 Å². The van der Waals surface area contributed by atoms with E-state index < -0.39 is 12.2 Å². The topological polar surface area (TPSA) is 67.9 Å². The summed E-state index contributed by atoms with van der Waals surface area (Å²) in [6, 6.07) is 0. The van der Waals surface area contributed by atoms with Gasteiger partial charge in [0.25, 0.3) is 0 Å². The minimum absolute atomic E-state index is 0.103. The van der Waals surface area contributed by atoms with Crippen molar-refractivity contribution in [2.75, 3.05) is 25.5 Å². The third-order valence-electron chi connectivity index (χ3n) is 1.58.